The van der Waals surface area contributed by atoms with Gasteiger partial charge in [0, 0.05) is 30.6 Å². The summed E-state index contributed by atoms with van der Waals surface area (Å²) >= 11 is 0. The fourth-order valence-electron chi connectivity index (χ4n) is 5.10. The summed E-state index contributed by atoms with van der Waals surface area (Å²) in [7, 11) is -3.63. The van der Waals surface area contributed by atoms with E-state index < -0.39 is 10.0 Å². The van der Waals surface area contributed by atoms with E-state index >= 15 is 0 Å². The van der Waals surface area contributed by atoms with Gasteiger partial charge in [-0.1, -0.05) is 51.0 Å². The van der Waals surface area contributed by atoms with Gasteiger partial charge in [-0.15, -0.1) is 0 Å². The summed E-state index contributed by atoms with van der Waals surface area (Å²) in [6.07, 6.45) is 6.21. The first-order chi connectivity index (χ1) is 16.3. The molecule has 0 aliphatic carbocycles. The van der Waals surface area contributed by atoms with Crippen LogP contribution in [0.5, 0.6) is 5.75 Å². The Balaban J connectivity index is 1.62. The van der Waals surface area contributed by atoms with Crippen molar-refractivity contribution in [2.45, 2.75) is 82.3 Å². The van der Waals surface area contributed by atoms with Crippen molar-refractivity contribution < 1.29 is 17.9 Å². The molecule has 7 heteroatoms. The molecule has 184 valence electrons. The predicted molar refractivity (Wildman–Crippen MR) is 134 cm³/mol. The van der Waals surface area contributed by atoms with Gasteiger partial charge in [0.2, 0.25) is 10.0 Å². The minimum atomic E-state index is -3.63. The van der Waals surface area contributed by atoms with E-state index in [1.807, 2.05) is 31.2 Å². The highest BCUT2D eigenvalue weighted by Gasteiger charge is 2.39. The predicted octanol–water partition coefficient (Wildman–Crippen LogP) is 5.37. The highest BCUT2D eigenvalue weighted by Crippen LogP contribution is 2.42. The lowest BCUT2D eigenvalue weighted by molar-refractivity contribution is 0.0227. The van der Waals surface area contributed by atoms with Gasteiger partial charge in [0.15, 0.2) is 0 Å². The number of para-hydroxylation sites is 1. The van der Waals surface area contributed by atoms with Gasteiger partial charge in [-0.05, 0) is 56.4 Å². The van der Waals surface area contributed by atoms with Crippen molar-refractivity contribution in [1.29, 1.82) is 0 Å². The molecule has 0 saturated carbocycles. The maximum Gasteiger partial charge on any atom is 0.252 e. The average molecular weight is 485 g/mol. The molecular formula is C27H36N2O4S. The second-order valence-corrected chi connectivity index (χ2v) is 11.5. The lowest BCUT2D eigenvalue weighted by atomic mass is 9.83. The standard InChI is InChI=1S/C27H36N2O4S/c1-4-27(5-2)19-24(22-12-8-9-13-25(22)33-27)28-26(30)23-18-21(15-14-20(23)3)34(31,32)29-16-10-6-7-11-17-29/h8-9,12-15,18,24H,4-7,10-11,16-17,19H2,1-3H3,(H,28,30). The molecule has 2 aromatic rings. The third-order valence-corrected chi connectivity index (χ3v) is 9.34. The highest BCUT2D eigenvalue weighted by molar-refractivity contribution is 7.89. The molecule has 1 amide bonds. The number of ether oxygens (including phenoxy) is 1. The Morgan fingerprint density at radius 3 is 2.41 bits per heavy atom. The largest absolute Gasteiger partial charge is 0.487 e. The van der Waals surface area contributed by atoms with Crippen LogP contribution in [0.3, 0.4) is 0 Å². The summed E-state index contributed by atoms with van der Waals surface area (Å²) in [4.78, 5) is 13.7. The van der Waals surface area contributed by atoms with Gasteiger partial charge in [0.1, 0.15) is 11.4 Å². The van der Waals surface area contributed by atoms with Crippen molar-refractivity contribution in [3.63, 3.8) is 0 Å². The van der Waals surface area contributed by atoms with E-state index in [2.05, 4.69) is 19.2 Å². The number of sulfonamides is 1. The van der Waals surface area contributed by atoms with Crippen molar-refractivity contribution in [3.8, 4) is 5.75 Å². The van der Waals surface area contributed by atoms with Crippen LogP contribution in [0.15, 0.2) is 47.4 Å². The molecule has 4 rings (SSSR count). The Labute approximate surface area is 203 Å². The van der Waals surface area contributed by atoms with Crippen LogP contribution in [0.1, 0.15) is 86.3 Å². The van der Waals surface area contributed by atoms with Gasteiger partial charge in [0.05, 0.1) is 10.9 Å². The first kappa shape index (κ1) is 24.7. The molecule has 0 bridgehead atoms. The first-order valence-corrected chi connectivity index (χ1v) is 13.9. The first-order valence-electron chi connectivity index (χ1n) is 12.5. The number of hydrogen-bond donors (Lipinski definition) is 1. The van der Waals surface area contributed by atoms with Gasteiger partial charge in [-0.3, -0.25) is 4.79 Å². The van der Waals surface area contributed by atoms with Gasteiger partial charge in [0.25, 0.3) is 5.91 Å². The van der Waals surface area contributed by atoms with E-state index in [9.17, 15) is 13.2 Å². The van der Waals surface area contributed by atoms with E-state index in [0.29, 0.717) is 25.1 Å². The molecule has 34 heavy (non-hydrogen) atoms. The maximum atomic E-state index is 13.5. The summed E-state index contributed by atoms with van der Waals surface area (Å²) in [6.45, 7) is 7.13. The lowest BCUT2D eigenvalue weighted by Gasteiger charge is -2.41. The molecule has 2 aliphatic rings. The second-order valence-electron chi connectivity index (χ2n) is 9.56. The number of benzene rings is 2. The monoisotopic (exact) mass is 484 g/mol. The number of nitrogens with zero attached hydrogens (tertiary/aromatic N) is 1. The molecular weight excluding hydrogens is 448 g/mol. The Bertz CT molecular complexity index is 1130. The van der Waals surface area contributed by atoms with Crippen LogP contribution in [0.2, 0.25) is 0 Å². The van der Waals surface area contributed by atoms with E-state index in [1.165, 1.54) is 0 Å². The molecule has 0 spiro atoms. The van der Waals surface area contributed by atoms with E-state index in [4.69, 9.17) is 4.74 Å². The van der Waals surface area contributed by atoms with E-state index in [-0.39, 0.29) is 22.4 Å². The summed E-state index contributed by atoms with van der Waals surface area (Å²) in [5, 5.41) is 3.20. The van der Waals surface area contributed by atoms with Crippen molar-refractivity contribution >= 4 is 15.9 Å². The Kier molecular flexibility index (Phi) is 7.33. The van der Waals surface area contributed by atoms with Crippen LogP contribution < -0.4 is 10.1 Å². The molecule has 6 nitrogen and oxygen atoms in total. The number of carbonyl (C=O) groups excluding carboxylic acids is 1. The quantitative estimate of drug-likeness (QED) is 0.598. The summed E-state index contributed by atoms with van der Waals surface area (Å²) in [6, 6.07) is 12.5. The smallest absolute Gasteiger partial charge is 0.252 e. The van der Waals surface area contributed by atoms with Crippen molar-refractivity contribution in [3.05, 3.63) is 59.2 Å². The molecule has 0 aromatic heterocycles. The lowest BCUT2D eigenvalue weighted by Crippen LogP contribution is -2.44. The van der Waals surface area contributed by atoms with Crippen LogP contribution in [0.25, 0.3) is 0 Å². The zero-order valence-electron chi connectivity index (χ0n) is 20.5. The fourth-order valence-corrected chi connectivity index (χ4v) is 6.65. The topological polar surface area (TPSA) is 75.7 Å². The third-order valence-electron chi connectivity index (χ3n) is 7.45. The number of rotatable bonds is 6. The SMILES string of the molecule is CCC1(CC)CC(NC(=O)c2cc(S(=O)(=O)N3CCCCCC3)ccc2C)c2ccccc2O1. The summed E-state index contributed by atoms with van der Waals surface area (Å²) in [5.41, 5.74) is 1.78. The molecule has 1 atom stereocenters. The molecule has 1 saturated heterocycles. The second kappa shape index (κ2) is 10.1. The van der Waals surface area contributed by atoms with Crippen molar-refractivity contribution in [2.75, 3.05) is 13.1 Å². The molecule has 2 aliphatic heterocycles. The highest BCUT2D eigenvalue weighted by atomic mass is 32.2. The number of hydrogen-bond acceptors (Lipinski definition) is 4. The molecule has 1 unspecified atom stereocenters. The normalized spacial score (nSPS) is 20.6. The Morgan fingerprint density at radius 2 is 1.74 bits per heavy atom. The minimum absolute atomic E-state index is 0.189. The van der Waals surface area contributed by atoms with Gasteiger partial charge in [-0.2, -0.15) is 4.31 Å². The number of carbonyl (C=O) groups is 1. The Hall–Kier alpha value is -2.38. The molecule has 1 N–H and O–H groups in total. The molecule has 0 radical (unpaired) electrons. The van der Waals surface area contributed by atoms with Crippen molar-refractivity contribution in [2.24, 2.45) is 0 Å². The number of nitrogens with one attached hydrogen (secondary N) is 1. The fraction of sp³-hybridized carbons (Fsp3) is 0.519. The average Bonchev–Trinajstić information content (AvgIpc) is 3.14. The zero-order valence-corrected chi connectivity index (χ0v) is 21.3. The third kappa shape index (κ3) is 4.86. The van der Waals surface area contributed by atoms with Crippen LogP contribution in [0.4, 0.5) is 0 Å². The van der Waals surface area contributed by atoms with Gasteiger partial charge < -0.3 is 10.1 Å². The summed E-state index contributed by atoms with van der Waals surface area (Å²) in [5.74, 6) is 0.546. The molecule has 2 heterocycles. The molecule has 2 aromatic carbocycles. The zero-order chi connectivity index (χ0) is 24.3. The molecule has 1 fully saturated rings. The van der Waals surface area contributed by atoms with Crippen LogP contribution in [-0.4, -0.2) is 37.3 Å². The maximum absolute atomic E-state index is 13.5. The minimum Gasteiger partial charge on any atom is -0.487 e. The van der Waals surface area contributed by atoms with Gasteiger partial charge >= 0.3 is 0 Å². The van der Waals surface area contributed by atoms with Crippen LogP contribution >= 0.6 is 0 Å². The van der Waals surface area contributed by atoms with Gasteiger partial charge in [-0.25, -0.2) is 8.42 Å². The van der Waals surface area contributed by atoms with Crippen LogP contribution in [-0.2, 0) is 10.0 Å². The number of amides is 1. The van der Waals surface area contributed by atoms with Crippen LogP contribution in [0, 0.1) is 6.92 Å². The Morgan fingerprint density at radius 1 is 1.06 bits per heavy atom. The van der Waals surface area contributed by atoms with E-state index in [1.54, 1.807) is 22.5 Å². The van der Waals surface area contributed by atoms with E-state index in [0.717, 1.165) is 55.4 Å². The van der Waals surface area contributed by atoms with Crippen molar-refractivity contribution in [1.82, 2.24) is 9.62 Å². The summed E-state index contributed by atoms with van der Waals surface area (Å²) < 4.78 is 34.6. The number of fused-ring (bicyclic) bond motifs is 1. The number of aryl methyl sites for hydroxylation is 1.